The van der Waals surface area contributed by atoms with Crippen LogP contribution < -0.4 is 10.2 Å². The average molecular weight is 855 g/mol. The van der Waals surface area contributed by atoms with E-state index >= 15 is 0 Å². The molecule has 0 saturated carbocycles. The molecule has 350 valence electrons. The summed E-state index contributed by atoms with van der Waals surface area (Å²) in [5.74, 6) is -0.211. The normalized spacial score (nSPS) is 14.4. The van der Waals surface area contributed by atoms with E-state index in [2.05, 4.69) is 31.3 Å². The van der Waals surface area contributed by atoms with Crippen LogP contribution in [0.15, 0.2) is 24.3 Å². The molecule has 9 heteroatoms. The second-order valence-electron chi connectivity index (χ2n) is 18.5. The maximum atomic E-state index is 12.8. The Morgan fingerprint density at radius 1 is 0.576 bits per heavy atom. The van der Waals surface area contributed by atoms with Gasteiger partial charge in [-0.2, -0.15) is 0 Å². The van der Waals surface area contributed by atoms with Crippen LogP contribution in [0, 0.1) is 0 Å². The number of likely N-dealkylation sites (N-methyl/N-ethyl adjacent to an activating group) is 1. The number of aliphatic hydroxyl groups excluding tert-OH is 1. The third-order valence-electron chi connectivity index (χ3n) is 11.4. The molecule has 0 fully saturated rings. The molecule has 3 atom stereocenters. The Kier molecular flexibility index (Phi) is 41.6. The summed E-state index contributed by atoms with van der Waals surface area (Å²) < 4.78 is 23.1. The number of quaternary nitrogens is 1. The van der Waals surface area contributed by atoms with E-state index in [1.807, 2.05) is 27.2 Å². The van der Waals surface area contributed by atoms with Crippen molar-refractivity contribution in [2.24, 2.45) is 0 Å². The molecule has 0 aromatic heterocycles. The molecule has 59 heavy (non-hydrogen) atoms. The van der Waals surface area contributed by atoms with Gasteiger partial charge in [0.2, 0.25) is 5.91 Å². The lowest BCUT2D eigenvalue weighted by atomic mass is 10.0. The first-order chi connectivity index (χ1) is 28.5. The predicted octanol–water partition coefficient (Wildman–Crippen LogP) is 13.8. The fourth-order valence-corrected chi connectivity index (χ4v) is 8.13. The number of allylic oxidation sites excluding steroid dienone is 3. The van der Waals surface area contributed by atoms with Gasteiger partial charge in [0.25, 0.3) is 7.82 Å². The molecule has 0 spiro atoms. The number of rotatable bonds is 46. The van der Waals surface area contributed by atoms with Crippen molar-refractivity contribution in [1.29, 1.82) is 0 Å². The van der Waals surface area contributed by atoms with Gasteiger partial charge in [-0.1, -0.05) is 224 Å². The fourth-order valence-electron chi connectivity index (χ4n) is 7.41. The molecular formula is C50H99N2O6P. The van der Waals surface area contributed by atoms with E-state index in [0.29, 0.717) is 17.4 Å². The maximum Gasteiger partial charge on any atom is 0.268 e. The van der Waals surface area contributed by atoms with Crippen LogP contribution in [0.4, 0.5) is 0 Å². The van der Waals surface area contributed by atoms with Crippen molar-refractivity contribution in [3.05, 3.63) is 24.3 Å². The number of nitrogens with one attached hydrogen (secondary N) is 1. The van der Waals surface area contributed by atoms with E-state index in [1.165, 1.54) is 180 Å². The van der Waals surface area contributed by atoms with Crippen molar-refractivity contribution < 1.29 is 32.9 Å². The highest BCUT2D eigenvalue weighted by molar-refractivity contribution is 7.45. The summed E-state index contributed by atoms with van der Waals surface area (Å²) in [5.41, 5.74) is 0. The standard InChI is InChI=1S/C50H99N2O6P/c1-6-8-10-12-14-16-17-18-19-20-21-22-23-24-25-26-27-28-29-30-31-32-33-34-35-36-37-39-41-43-49(53)48(47-58-59(55,56)57-46-45-52(3,4)5)51-50(54)44-42-40-38-15-13-11-9-7-2/h35-36,41,43,48-49,53H,6-34,37-40,42,44-47H2,1-5H3,(H-,51,54,55,56)/b36-35+,43-41+. The van der Waals surface area contributed by atoms with Crippen molar-refractivity contribution in [2.45, 2.75) is 251 Å². The Morgan fingerprint density at radius 3 is 1.37 bits per heavy atom. The molecule has 0 heterocycles. The highest BCUT2D eigenvalue weighted by Gasteiger charge is 2.23. The van der Waals surface area contributed by atoms with Crippen LogP contribution >= 0.6 is 7.82 Å². The Bertz CT molecular complexity index is 1020. The number of unbranched alkanes of at least 4 members (excludes halogenated alkanes) is 31. The monoisotopic (exact) mass is 855 g/mol. The van der Waals surface area contributed by atoms with E-state index in [4.69, 9.17) is 9.05 Å². The summed E-state index contributed by atoms with van der Waals surface area (Å²) in [6.45, 7) is 4.60. The largest absolute Gasteiger partial charge is 0.756 e. The number of hydrogen-bond donors (Lipinski definition) is 2. The van der Waals surface area contributed by atoms with Gasteiger partial charge in [0, 0.05) is 6.42 Å². The van der Waals surface area contributed by atoms with Crippen molar-refractivity contribution in [2.75, 3.05) is 40.9 Å². The van der Waals surface area contributed by atoms with Gasteiger partial charge in [-0.15, -0.1) is 0 Å². The molecule has 0 aliphatic heterocycles. The Hall–Kier alpha value is -1.02. The molecule has 2 N–H and O–H groups in total. The Balaban J connectivity index is 4.09. The second-order valence-corrected chi connectivity index (χ2v) is 19.9. The molecule has 0 aliphatic carbocycles. The molecule has 0 aromatic carbocycles. The number of amides is 1. The fraction of sp³-hybridized carbons (Fsp3) is 0.900. The maximum absolute atomic E-state index is 12.8. The average Bonchev–Trinajstić information content (AvgIpc) is 3.19. The molecule has 0 aliphatic rings. The van der Waals surface area contributed by atoms with Crippen LogP contribution in [0.5, 0.6) is 0 Å². The summed E-state index contributed by atoms with van der Waals surface area (Å²) in [5, 5.41) is 13.7. The first-order valence-corrected chi connectivity index (χ1v) is 26.7. The van der Waals surface area contributed by atoms with Crippen molar-refractivity contribution >= 4 is 13.7 Å². The zero-order valence-electron chi connectivity index (χ0n) is 39.7. The molecule has 3 unspecified atom stereocenters. The van der Waals surface area contributed by atoms with E-state index in [1.54, 1.807) is 6.08 Å². The summed E-state index contributed by atoms with van der Waals surface area (Å²) in [6.07, 6.45) is 51.4. The van der Waals surface area contributed by atoms with Gasteiger partial charge >= 0.3 is 0 Å². The summed E-state index contributed by atoms with van der Waals surface area (Å²) in [7, 11) is 1.25. The van der Waals surface area contributed by atoms with Crippen molar-refractivity contribution in [3.63, 3.8) is 0 Å². The van der Waals surface area contributed by atoms with Crippen LogP contribution in [0.25, 0.3) is 0 Å². The van der Waals surface area contributed by atoms with Gasteiger partial charge < -0.3 is 28.8 Å². The smallest absolute Gasteiger partial charge is 0.268 e. The van der Waals surface area contributed by atoms with E-state index in [0.717, 1.165) is 38.5 Å². The summed E-state index contributed by atoms with van der Waals surface area (Å²) in [4.78, 5) is 25.2. The number of phosphoric acid groups is 1. The lowest BCUT2D eigenvalue weighted by molar-refractivity contribution is -0.870. The van der Waals surface area contributed by atoms with Gasteiger partial charge in [0.1, 0.15) is 13.2 Å². The SMILES string of the molecule is CCCCCCCCCCCCCCCCCCCCCCCCC/C=C/CC/C=C/C(O)C(COP(=O)([O-])OCC[N+](C)(C)C)NC(=O)CCCCCCCCCC. The van der Waals surface area contributed by atoms with Gasteiger partial charge in [-0.25, -0.2) is 0 Å². The first-order valence-electron chi connectivity index (χ1n) is 25.2. The van der Waals surface area contributed by atoms with Gasteiger partial charge in [0.05, 0.1) is 39.9 Å². The zero-order chi connectivity index (χ0) is 43.6. The topological polar surface area (TPSA) is 108 Å². The van der Waals surface area contributed by atoms with Gasteiger partial charge in [0.15, 0.2) is 0 Å². The van der Waals surface area contributed by atoms with E-state index in [9.17, 15) is 19.4 Å². The van der Waals surface area contributed by atoms with Crippen LogP contribution in [0.1, 0.15) is 239 Å². The third-order valence-corrected chi connectivity index (χ3v) is 12.4. The molecular weight excluding hydrogens is 756 g/mol. The Labute approximate surface area is 366 Å². The highest BCUT2D eigenvalue weighted by atomic mass is 31.2. The first kappa shape index (κ1) is 58.0. The lowest BCUT2D eigenvalue weighted by Gasteiger charge is -2.29. The Morgan fingerprint density at radius 2 is 0.949 bits per heavy atom. The van der Waals surface area contributed by atoms with Crippen molar-refractivity contribution in [3.8, 4) is 0 Å². The minimum atomic E-state index is -4.59. The number of carbonyl (C=O) groups excluding carboxylic acids is 1. The molecule has 0 saturated heterocycles. The number of hydrogen-bond acceptors (Lipinski definition) is 6. The van der Waals surface area contributed by atoms with Crippen LogP contribution in [0.3, 0.4) is 0 Å². The molecule has 0 rings (SSSR count). The second kappa shape index (κ2) is 42.3. The number of phosphoric ester groups is 1. The van der Waals surface area contributed by atoms with Gasteiger partial charge in [-0.05, 0) is 32.1 Å². The quantitative estimate of drug-likeness (QED) is 0.0273. The number of nitrogens with zero attached hydrogens (tertiary/aromatic N) is 1. The van der Waals surface area contributed by atoms with Crippen LogP contribution in [-0.2, 0) is 18.4 Å². The number of carbonyl (C=O) groups is 1. The molecule has 0 aromatic rings. The van der Waals surface area contributed by atoms with Crippen LogP contribution in [0.2, 0.25) is 0 Å². The minimum absolute atomic E-state index is 0.00459. The molecule has 0 radical (unpaired) electrons. The third kappa shape index (κ3) is 44.8. The predicted molar refractivity (Wildman–Crippen MR) is 252 cm³/mol. The minimum Gasteiger partial charge on any atom is -0.756 e. The molecule has 8 nitrogen and oxygen atoms in total. The molecule has 1 amide bonds. The summed E-state index contributed by atoms with van der Waals surface area (Å²) >= 11 is 0. The lowest BCUT2D eigenvalue weighted by Crippen LogP contribution is -2.45. The zero-order valence-corrected chi connectivity index (χ0v) is 40.6. The van der Waals surface area contributed by atoms with Gasteiger partial charge in [-0.3, -0.25) is 9.36 Å². The van der Waals surface area contributed by atoms with Crippen molar-refractivity contribution in [1.82, 2.24) is 5.32 Å². The number of aliphatic hydroxyl groups is 1. The van der Waals surface area contributed by atoms with E-state index in [-0.39, 0.29) is 19.1 Å². The van der Waals surface area contributed by atoms with Crippen LogP contribution in [-0.4, -0.2) is 68.5 Å². The molecule has 0 bridgehead atoms. The highest BCUT2D eigenvalue weighted by Crippen LogP contribution is 2.38. The summed E-state index contributed by atoms with van der Waals surface area (Å²) in [6, 6.07) is -0.897. The van der Waals surface area contributed by atoms with E-state index < -0.39 is 20.0 Å².